The van der Waals surface area contributed by atoms with E-state index >= 15 is 0 Å². The highest BCUT2D eigenvalue weighted by Crippen LogP contribution is 2.26. The summed E-state index contributed by atoms with van der Waals surface area (Å²) in [5, 5.41) is 3.15. The molecular formula is C13H27N3O2S. The van der Waals surface area contributed by atoms with Crippen molar-refractivity contribution in [2.75, 3.05) is 26.7 Å². The minimum absolute atomic E-state index is 0.134. The summed E-state index contributed by atoms with van der Waals surface area (Å²) < 4.78 is 29.4. The van der Waals surface area contributed by atoms with Gasteiger partial charge in [-0.05, 0) is 51.1 Å². The minimum Gasteiger partial charge on any atom is -0.319 e. The van der Waals surface area contributed by atoms with Crippen LogP contribution in [0.25, 0.3) is 0 Å². The van der Waals surface area contributed by atoms with Gasteiger partial charge in [0.1, 0.15) is 0 Å². The van der Waals surface area contributed by atoms with Crippen molar-refractivity contribution in [3.8, 4) is 0 Å². The molecule has 2 fully saturated rings. The van der Waals surface area contributed by atoms with E-state index in [4.69, 9.17) is 0 Å². The summed E-state index contributed by atoms with van der Waals surface area (Å²) in [5.74, 6) is 0.906. The first-order chi connectivity index (χ1) is 9.03. The van der Waals surface area contributed by atoms with Crippen LogP contribution in [0.4, 0.5) is 0 Å². The van der Waals surface area contributed by atoms with Gasteiger partial charge in [-0.2, -0.15) is 17.4 Å². The first-order valence-electron chi connectivity index (χ1n) is 7.45. The Morgan fingerprint density at radius 2 is 2.00 bits per heavy atom. The Morgan fingerprint density at radius 3 is 2.63 bits per heavy atom. The molecule has 0 bridgehead atoms. The number of nitrogens with one attached hydrogen (secondary N) is 2. The summed E-state index contributed by atoms with van der Waals surface area (Å²) in [7, 11) is -1.37. The van der Waals surface area contributed by atoms with Crippen LogP contribution in [-0.2, 0) is 10.2 Å². The Balaban J connectivity index is 1.94. The Morgan fingerprint density at radius 1 is 1.21 bits per heavy atom. The maximum Gasteiger partial charge on any atom is 0.279 e. The number of hydrogen-bond acceptors (Lipinski definition) is 3. The summed E-state index contributed by atoms with van der Waals surface area (Å²) >= 11 is 0. The molecule has 2 aliphatic rings. The lowest BCUT2D eigenvalue weighted by atomic mass is 10.00. The summed E-state index contributed by atoms with van der Waals surface area (Å²) in [6, 6.07) is 0.134. The molecule has 2 N–H and O–H groups in total. The third-order valence-corrected chi connectivity index (χ3v) is 6.09. The molecule has 3 atom stereocenters. The highest BCUT2D eigenvalue weighted by molar-refractivity contribution is 7.87. The van der Waals surface area contributed by atoms with Crippen LogP contribution in [0.2, 0.25) is 0 Å². The van der Waals surface area contributed by atoms with Crippen molar-refractivity contribution < 1.29 is 8.42 Å². The molecule has 112 valence electrons. The monoisotopic (exact) mass is 289 g/mol. The van der Waals surface area contributed by atoms with Gasteiger partial charge >= 0.3 is 0 Å². The van der Waals surface area contributed by atoms with Crippen LogP contribution in [0.5, 0.6) is 0 Å². The SMILES string of the molecule is CNCC1CCCN(S(=O)(=O)NC2CCCC2C)C1. The third kappa shape index (κ3) is 3.90. The summed E-state index contributed by atoms with van der Waals surface area (Å²) in [6.07, 6.45) is 5.33. The van der Waals surface area contributed by atoms with Crippen molar-refractivity contribution in [2.45, 2.75) is 45.1 Å². The largest absolute Gasteiger partial charge is 0.319 e. The smallest absolute Gasteiger partial charge is 0.279 e. The van der Waals surface area contributed by atoms with E-state index in [0.29, 0.717) is 24.9 Å². The zero-order valence-electron chi connectivity index (χ0n) is 12.1. The molecule has 0 aromatic carbocycles. The molecule has 1 heterocycles. The lowest BCUT2D eigenvalue weighted by Crippen LogP contribution is -2.50. The minimum atomic E-state index is -3.30. The number of nitrogens with zero attached hydrogens (tertiary/aromatic N) is 1. The van der Waals surface area contributed by atoms with E-state index in [1.165, 1.54) is 0 Å². The van der Waals surface area contributed by atoms with Gasteiger partial charge in [-0.1, -0.05) is 13.3 Å². The van der Waals surface area contributed by atoms with Gasteiger partial charge in [0.25, 0.3) is 10.2 Å². The predicted molar refractivity (Wildman–Crippen MR) is 77.1 cm³/mol. The Kier molecular flexibility index (Phi) is 5.22. The molecule has 0 radical (unpaired) electrons. The first-order valence-corrected chi connectivity index (χ1v) is 8.89. The molecule has 2 rings (SSSR count). The third-order valence-electron chi connectivity index (χ3n) is 4.48. The molecular weight excluding hydrogens is 262 g/mol. The molecule has 1 saturated carbocycles. The fraction of sp³-hybridized carbons (Fsp3) is 1.00. The van der Waals surface area contributed by atoms with Gasteiger partial charge in [-0.3, -0.25) is 0 Å². The van der Waals surface area contributed by atoms with Gasteiger partial charge in [0, 0.05) is 19.1 Å². The quantitative estimate of drug-likeness (QED) is 0.792. The van der Waals surface area contributed by atoms with E-state index in [-0.39, 0.29) is 6.04 Å². The molecule has 0 amide bonds. The van der Waals surface area contributed by atoms with Crippen molar-refractivity contribution in [1.82, 2.24) is 14.3 Å². The first kappa shape index (κ1) is 15.2. The van der Waals surface area contributed by atoms with Gasteiger partial charge in [0.2, 0.25) is 0 Å². The molecule has 19 heavy (non-hydrogen) atoms. The van der Waals surface area contributed by atoms with E-state index in [9.17, 15) is 8.42 Å². The average molecular weight is 289 g/mol. The second kappa shape index (κ2) is 6.52. The van der Waals surface area contributed by atoms with Crippen molar-refractivity contribution in [1.29, 1.82) is 0 Å². The Bertz CT molecular complexity index is 383. The summed E-state index contributed by atoms with van der Waals surface area (Å²) in [6.45, 7) is 4.35. The normalized spacial score (nSPS) is 33.7. The van der Waals surface area contributed by atoms with Gasteiger partial charge in [-0.15, -0.1) is 0 Å². The maximum absolute atomic E-state index is 12.4. The zero-order valence-corrected chi connectivity index (χ0v) is 12.9. The molecule has 0 aromatic heterocycles. The van der Waals surface area contributed by atoms with E-state index in [1.54, 1.807) is 4.31 Å². The lowest BCUT2D eigenvalue weighted by molar-refractivity contribution is 0.258. The standard InChI is InChI=1S/C13H27N3O2S/c1-11-5-3-7-13(11)15-19(17,18)16-8-4-6-12(10-16)9-14-2/h11-15H,3-10H2,1-2H3. The molecule has 0 aromatic rings. The fourth-order valence-corrected chi connectivity index (χ4v) is 4.95. The predicted octanol–water partition coefficient (Wildman–Crippen LogP) is 0.941. The molecule has 5 nitrogen and oxygen atoms in total. The maximum atomic E-state index is 12.4. The second-order valence-electron chi connectivity index (χ2n) is 6.06. The van der Waals surface area contributed by atoms with E-state index in [2.05, 4.69) is 17.0 Å². The van der Waals surface area contributed by atoms with Crippen LogP contribution < -0.4 is 10.0 Å². The molecule has 1 aliphatic heterocycles. The summed E-state index contributed by atoms with van der Waals surface area (Å²) in [5.41, 5.74) is 0. The van der Waals surface area contributed by atoms with Gasteiger partial charge < -0.3 is 5.32 Å². The van der Waals surface area contributed by atoms with Crippen LogP contribution >= 0.6 is 0 Å². The number of piperidine rings is 1. The highest BCUT2D eigenvalue weighted by atomic mass is 32.2. The molecule has 6 heteroatoms. The second-order valence-corrected chi connectivity index (χ2v) is 7.76. The van der Waals surface area contributed by atoms with E-state index in [0.717, 1.165) is 38.6 Å². The number of rotatable bonds is 5. The molecule has 3 unspecified atom stereocenters. The fourth-order valence-electron chi connectivity index (χ4n) is 3.29. The Labute approximate surface area is 117 Å². The van der Waals surface area contributed by atoms with Crippen LogP contribution in [0.1, 0.15) is 39.0 Å². The van der Waals surface area contributed by atoms with Crippen molar-refractivity contribution in [2.24, 2.45) is 11.8 Å². The van der Waals surface area contributed by atoms with Gasteiger partial charge in [-0.25, -0.2) is 0 Å². The van der Waals surface area contributed by atoms with E-state index in [1.807, 2.05) is 7.05 Å². The van der Waals surface area contributed by atoms with Crippen LogP contribution in [0, 0.1) is 11.8 Å². The highest BCUT2D eigenvalue weighted by Gasteiger charge is 2.33. The van der Waals surface area contributed by atoms with Gasteiger partial charge in [0.15, 0.2) is 0 Å². The molecule has 1 saturated heterocycles. The van der Waals surface area contributed by atoms with Crippen LogP contribution in [0.15, 0.2) is 0 Å². The van der Waals surface area contributed by atoms with Crippen LogP contribution in [-0.4, -0.2) is 45.4 Å². The van der Waals surface area contributed by atoms with Gasteiger partial charge in [0.05, 0.1) is 0 Å². The number of hydrogen-bond donors (Lipinski definition) is 2. The van der Waals surface area contributed by atoms with Crippen molar-refractivity contribution >= 4 is 10.2 Å². The van der Waals surface area contributed by atoms with Crippen molar-refractivity contribution in [3.05, 3.63) is 0 Å². The lowest BCUT2D eigenvalue weighted by Gasteiger charge is -2.33. The average Bonchev–Trinajstić information content (AvgIpc) is 2.75. The molecule has 1 aliphatic carbocycles. The zero-order chi connectivity index (χ0) is 13.9. The van der Waals surface area contributed by atoms with Crippen molar-refractivity contribution in [3.63, 3.8) is 0 Å². The Hall–Kier alpha value is -0.170. The topological polar surface area (TPSA) is 61.4 Å². The van der Waals surface area contributed by atoms with Crippen LogP contribution in [0.3, 0.4) is 0 Å². The van der Waals surface area contributed by atoms with E-state index < -0.39 is 10.2 Å². The molecule has 0 spiro atoms. The summed E-state index contributed by atoms with van der Waals surface area (Å²) in [4.78, 5) is 0.